The van der Waals surface area contributed by atoms with Crippen LogP contribution in [0.2, 0.25) is 0 Å². The lowest BCUT2D eigenvalue weighted by Gasteiger charge is -2.27. The summed E-state index contributed by atoms with van der Waals surface area (Å²) in [6.07, 6.45) is 2.28. The van der Waals surface area contributed by atoms with Crippen LogP contribution in [0.1, 0.15) is 11.1 Å². The van der Waals surface area contributed by atoms with Crippen LogP contribution in [0.15, 0.2) is 53.8 Å². The number of benzene rings is 2. The first kappa shape index (κ1) is 23.8. The highest BCUT2D eigenvalue weighted by Gasteiger charge is 2.20. The highest BCUT2D eigenvalue weighted by molar-refractivity contribution is 5.87. The zero-order valence-electron chi connectivity index (χ0n) is 18.9. The van der Waals surface area contributed by atoms with Gasteiger partial charge in [-0.1, -0.05) is 30.3 Å². The minimum Gasteiger partial charge on any atom is -0.493 e. The number of nitrogens with one attached hydrogen (secondary N) is 1. The van der Waals surface area contributed by atoms with Gasteiger partial charge in [-0.15, -0.1) is 0 Å². The Morgan fingerprint density at radius 2 is 2.03 bits per heavy atom. The van der Waals surface area contributed by atoms with Crippen molar-refractivity contribution in [2.45, 2.75) is 6.61 Å². The number of aromatic nitrogens is 2. The summed E-state index contributed by atoms with van der Waals surface area (Å²) in [4.78, 5) is 20.9. The second-order valence-electron chi connectivity index (χ2n) is 7.43. The van der Waals surface area contributed by atoms with Crippen molar-refractivity contribution in [1.29, 1.82) is 0 Å². The normalized spacial score (nSPS) is 13.6. The third kappa shape index (κ3) is 5.98. The number of nitro benzene ring substituents is 1. The number of methoxy groups -OCH3 is 1. The zero-order valence-corrected chi connectivity index (χ0v) is 18.9. The summed E-state index contributed by atoms with van der Waals surface area (Å²) < 4.78 is 30.6. The summed E-state index contributed by atoms with van der Waals surface area (Å²) in [5, 5.41) is 15.7. The Labute approximate surface area is 200 Å². The average Bonchev–Trinajstić information content (AvgIpc) is 2.89. The fourth-order valence-electron chi connectivity index (χ4n) is 3.40. The molecule has 35 heavy (non-hydrogen) atoms. The van der Waals surface area contributed by atoms with Gasteiger partial charge in [0.1, 0.15) is 6.61 Å². The molecule has 0 saturated carbocycles. The smallest absolute Gasteiger partial charge is 0.282 e. The van der Waals surface area contributed by atoms with Gasteiger partial charge in [-0.3, -0.25) is 10.1 Å². The first-order valence-electron chi connectivity index (χ1n) is 10.7. The van der Waals surface area contributed by atoms with Crippen molar-refractivity contribution in [3.05, 3.63) is 75.7 Å². The summed E-state index contributed by atoms with van der Waals surface area (Å²) >= 11 is 0. The van der Waals surface area contributed by atoms with E-state index in [1.807, 2.05) is 30.3 Å². The Morgan fingerprint density at radius 1 is 1.26 bits per heavy atom. The van der Waals surface area contributed by atoms with E-state index in [2.05, 4.69) is 20.5 Å². The fraction of sp³-hybridized carbons (Fsp3) is 0.261. The number of nitro groups is 1. The highest BCUT2D eigenvalue weighted by Crippen LogP contribution is 2.34. The Bertz CT molecular complexity index is 1200. The molecule has 11 nitrogen and oxygen atoms in total. The van der Waals surface area contributed by atoms with Gasteiger partial charge in [0.15, 0.2) is 23.1 Å². The van der Waals surface area contributed by atoms with Crippen LogP contribution in [0, 0.1) is 15.9 Å². The van der Waals surface area contributed by atoms with Gasteiger partial charge in [0, 0.05) is 13.1 Å². The van der Waals surface area contributed by atoms with Crippen LogP contribution < -0.4 is 19.8 Å². The van der Waals surface area contributed by atoms with Gasteiger partial charge in [0.05, 0.1) is 49.3 Å². The van der Waals surface area contributed by atoms with E-state index < -0.39 is 10.7 Å². The minimum absolute atomic E-state index is 0.0431. The van der Waals surface area contributed by atoms with Gasteiger partial charge in [0.25, 0.3) is 5.69 Å². The number of nitrogens with zero attached hydrogens (tertiary/aromatic N) is 5. The molecule has 0 amide bonds. The third-order valence-corrected chi connectivity index (χ3v) is 5.15. The molecule has 1 aromatic heterocycles. The largest absolute Gasteiger partial charge is 0.493 e. The highest BCUT2D eigenvalue weighted by atomic mass is 19.1. The number of hydrazone groups is 1. The van der Waals surface area contributed by atoms with E-state index >= 15 is 0 Å². The molecule has 12 heteroatoms. The molecule has 0 unspecified atom stereocenters. The Hall–Kier alpha value is -4.32. The fourth-order valence-corrected chi connectivity index (χ4v) is 3.40. The van der Waals surface area contributed by atoms with E-state index in [1.54, 1.807) is 4.90 Å². The average molecular weight is 482 g/mol. The first-order chi connectivity index (χ1) is 17.0. The topological polar surface area (TPSA) is 124 Å². The van der Waals surface area contributed by atoms with E-state index in [4.69, 9.17) is 14.2 Å². The van der Waals surface area contributed by atoms with E-state index in [9.17, 15) is 14.5 Å². The zero-order chi connectivity index (χ0) is 24.6. The van der Waals surface area contributed by atoms with E-state index in [1.165, 1.54) is 25.5 Å². The summed E-state index contributed by atoms with van der Waals surface area (Å²) in [5.74, 6) is 0.147. The van der Waals surface area contributed by atoms with Crippen molar-refractivity contribution < 1.29 is 23.5 Å². The molecule has 1 saturated heterocycles. The second-order valence-corrected chi connectivity index (χ2v) is 7.43. The van der Waals surface area contributed by atoms with Gasteiger partial charge in [-0.05, 0) is 11.6 Å². The maximum absolute atomic E-state index is 14.2. The number of morpholine rings is 1. The Balaban J connectivity index is 1.52. The summed E-state index contributed by atoms with van der Waals surface area (Å²) in [6.45, 7) is 2.17. The molecule has 1 aliphatic heterocycles. The molecule has 1 fully saturated rings. The lowest BCUT2D eigenvalue weighted by Crippen LogP contribution is -2.37. The first-order valence-corrected chi connectivity index (χ1v) is 10.7. The number of hydrogen-bond acceptors (Lipinski definition) is 10. The predicted molar refractivity (Wildman–Crippen MR) is 127 cm³/mol. The quantitative estimate of drug-likeness (QED) is 0.278. The summed E-state index contributed by atoms with van der Waals surface area (Å²) in [6, 6.07) is 12.1. The van der Waals surface area contributed by atoms with Crippen molar-refractivity contribution in [3.8, 4) is 11.5 Å². The van der Waals surface area contributed by atoms with Crippen molar-refractivity contribution >= 4 is 23.7 Å². The van der Waals surface area contributed by atoms with Gasteiger partial charge < -0.3 is 19.1 Å². The second kappa shape index (κ2) is 11.2. The van der Waals surface area contributed by atoms with Crippen molar-refractivity contribution in [2.24, 2.45) is 5.10 Å². The van der Waals surface area contributed by atoms with E-state index in [0.717, 1.165) is 11.8 Å². The van der Waals surface area contributed by atoms with Crippen LogP contribution in [0.25, 0.3) is 0 Å². The maximum Gasteiger partial charge on any atom is 0.282 e. The van der Waals surface area contributed by atoms with Crippen molar-refractivity contribution in [3.63, 3.8) is 0 Å². The van der Waals surface area contributed by atoms with Crippen LogP contribution in [0.5, 0.6) is 11.5 Å². The van der Waals surface area contributed by atoms with Crippen LogP contribution >= 0.6 is 0 Å². The lowest BCUT2D eigenvalue weighted by molar-refractivity contribution is -0.385. The summed E-state index contributed by atoms with van der Waals surface area (Å²) in [5.41, 5.74) is 3.44. The number of rotatable bonds is 9. The SMILES string of the molecule is COc1cc(/C=N\Nc2ncc(F)c(N3CCOCC3)n2)c([N+](=O)[O-])cc1OCc1ccccc1. The summed E-state index contributed by atoms with van der Waals surface area (Å²) in [7, 11) is 1.44. The molecule has 1 aliphatic rings. The molecule has 4 rings (SSSR count). The number of halogens is 1. The molecule has 0 radical (unpaired) electrons. The monoisotopic (exact) mass is 482 g/mol. The van der Waals surface area contributed by atoms with Crippen LogP contribution in [-0.4, -0.2) is 54.5 Å². The molecular weight excluding hydrogens is 459 g/mol. The number of anilines is 2. The Kier molecular flexibility index (Phi) is 7.63. The Morgan fingerprint density at radius 3 is 2.74 bits per heavy atom. The third-order valence-electron chi connectivity index (χ3n) is 5.15. The molecule has 0 aliphatic carbocycles. The van der Waals surface area contributed by atoms with Crippen LogP contribution in [0.4, 0.5) is 21.8 Å². The van der Waals surface area contributed by atoms with Gasteiger partial charge in [-0.25, -0.2) is 14.8 Å². The molecule has 2 aromatic carbocycles. The molecule has 182 valence electrons. The predicted octanol–water partition coefficient (Wildman–Crippen LogP) is 3.39. The standard InChI is InChI=1S/C23H23FN6O5/c1-33-20-11-17(19(30(31)32)12-21(20)35-15-16-5-3-2-4-6-16)13-26-28-23-25-14-18(24)22(27-23)29-7-9-34-10-8-29/h2-6,11-14H,7-10,15H2,1H3,(H,25,27,28)/b26-13-. The van der Waals surface area contributed by atoms with E-state index in [0.29, 0.717) is 32.1 Å². The minimum atomic E-state index is -0.562. The van der Waals surface area contributed by atoms with E-state index in [-0.39, 0.29) is 35.4 Å². The molecule has 0 atom stereocenters. The van der Waals surface area contributed by atoms with Crippen LogP contribution in [-0.2, 0) is 11.3 Å². The molecule has 3 aromatic rings. The van der Waals surface area contributed by atoms with Gasteiger partial charge in [0.2, 0.25) is 5.95 Å². The number of ether oxygens (including phenoxy) is 3. The molecule has 0 bridgehead atoms. The van der Waals surface area contributed by atoms with Crippen molar-refractivity contribution in [1.82, 2.24) is 9.97 Å². The maximum atomic E-state index is 14.2. The van der Waals surface area contributed by atoms with Crippen LogP contribution in [0.3, 0.4) is 0 Å². The molecular formula is C23H23FN6O5. The van der Waals surface area contributed by atoms with Gasteiger partial charge in [-0.2, -0.15) is 10.1 Å². The van der Waals surface area contributed by atoms with Crippen molar-refractivity contribution in [2.75, 3.05) is 43.7 Å². The lowest BCUT2D eigenvalue weighted by atomic mass is 10.1. The van der Waals surface area contributed by atoms with Gasteiger partial charge >= 0.3 is 0 Å². The molecule has 1 N–H and O–H groups in total. The molecule has 0 spiro atoms. The number of hydrogen-bond donors (Lipinski definition) is 1. The molecule has 2 heterocycles.